The number of nitrogens with zero attached hydrogens (tertiary/aromatic N) is 2. The molecule has 0 bridgehead atoms. The maximum Gasteiger partial charge on any atom is 0.410 e. The Morgan fingerprint density at radius 1 is 1.11 bits per heavy atom. The fourth-order valence-corrected chi connectivity index (χ4v) is 4.91. The number of alkyl carbamates (subject to hydrolysis) is 1. The van der Waals surface area contributed by atoms with Crippen LogP contribution in [0.4, 0.5) is 19.7 Å². The standard InChI is InChI=1S/C28H34FN3O6/c1-27(2,3)38-25(34)30-12-15-36-20-16-21(29)23-22(17-20)31(4)24(33)28(23)10-13-32(14-11-28)26(35)37-18-19-8-6-5-7-9-19/h5-9,16-17H,10-15,18H2,1-4H3,(H,30,34). The largest absolute Gasteiger partial charge is 0.492 e. The quantitative estimate of drug-likeness (QED) is 0.560. The topological polar surface area (TPSA) is 97.4 Å². The van der Waals surface area contributed by atoms with Crippen LogP contribution in [0.2, 0.25) is 0 Å². The molecule has 10 heteroatoms. The van der Waals surface area contributed by atoms with Gasteiger partial charge in [0.05, 0.1) is 17.6 Å². The van der Waals surface area contributed by atoms with Gasteiger partial charge >= 0.3 is 12.2 Å². The van der Waals surface area contributed by atoms with Crippen LogP contribution in [0.1, 0.15) is 44.7 Å². The van der Waals surface area contributed by atoms with Crippen molar-refractivity contribution in [2.75, 3.05) is 38.2 Å². The zero-order chi connectivity index (χ0) is 27.5. The number of piperidine rings is 1. The fourth-order valence-electron chi connectivity index (χ4n) is 4.91. The maximum absolute atomic E-state index is 15.5. The minimum atomic E-state index is -1.04. The third-order valence-corrected chi connectivity index (χ3v) is 6.72. The molecule has 1 saturated heterocycles. The van der Waals surface area contributed by atoms with E-state index in [0.717, 1.165) is 5.56 Å². The number of likely N-dealkylation sites (tertiary alicyclic amines) is 1. The van der Waals surface area contributed by atoms with Crippen molar-refractivity contribution in [3.63, 3.8) is 0 Å². The van der Waals surface area contributed by atoms with Crippen molar-refractivity contribution in [2.24, 2.45) is 0 Å². The monoisotopic (exact) mass is 527 g/mol. The summed E-state index contributed by atoms with van der Waals surface area (Å²) in [4.78, 5) is 40.7. The number of carbonyl (C=O) groups excluding carboxylic acids is 3. The number of carbonyl (C=O) groups is 3. The molecule has 2 aromatic carbocycles. The Balaban J connectivity index is 1.37. The SMILES string of the molecule is CN1C(=O)C2(CCN(C(=O)OCc3ccccc3)CC2)c2c(F)cc(OCCNC(=O)OC(C)(C)C)cc21. The van der Waals surface area contributed by atoms with Crippen molar-refractivity contribution in [1.82, 2.24) is 10.2 Å². The van der Waals surface area contributed by atoms with Gasteiger partial charge in [-0.1, -0.05) is 30.3 Å². The predicted molar refractivity (Wildman–Crippen MR) is 139 cm³/mol. The Morgan fingerprint density at radius 3 is 2.45 bits per heavy atom. The van der Waals surface area contributed by atoms with Crippen molar-refractivity contribution in [1.29, 1.82) is 0 Å². The van der Waals surface area contributed by atoms with Crippen molar-refractivity contribution in [3.8, 4) is 5.75 Å². The third-order valence-electron chi connectivity index (χ3n) is 6.72. The van der Waals surface area contributed by atoms with Crippen LogP contribution in [-0.4, -0.2) is 61.9 Å². The van der Waals surface area contributed by atoms with Gasteiger partial charge in [-0.2, -0.15) is 0 Å². The van der Waals surface area contributed by atoms with Gasteiger partial charge in [-0.05, 0) is 39.2 Å². The Labute approximate surface area is 221 Å². The number of benzene rings is 2. The lowest BCUT2D eigenvalue weighted by Gasteiger charge is -2.37. The van der Waals surface area contributed by atoms with Gasteiger partial charge in [0.2, 0.25) is 5.91 Å². The predicted octanol–water partition coefficient (Wildman–Crippen LogP) is 4.38. The number of likely N-dealkylation sites (N-methyl/N-ethyl adjacent to an activating group) is 1. The molecule has 0 unspecified atom stereocenters. The fraction of sp³-hybridized carbons (Fsp3) is 0.464. The van der Waals surface area contributed by atoms with Crippen LogP contribution in [0.3, 0.4) is 0 Å². The summed E-state index contributed by atoms with van der Waals surface area (Å²) in [5.41, 5.74) is 0.0179. The van der Waals surface area contributed by atoms with Crippen molar-refractivity contribution >= 4 is 23.8 Å². The molecule has 4 rings (SSSR count). The van der Waals surface area contributed by atoms with Gasteiger partial charge in [-0.3, -0.25) is 4.79 Å². The Kier molecular flexibility index (Phi) is 7.80. The van der Waals surface area contributed by atoms with Crippen LogP contribution >= 0.6 is 0 Å². The number of halogens is 1. The third kappa shape index (κ3) is 5.84. The first-order chi connectivity index (χ1) is 18.0. The van der Waals surface area contributed by atoms with E-state index in [0.29, 0.717) is 24.1 Å². The van der Waals surface area contributed by atoms with E-state index in [1.54, 1.807) is 38.8 Å². The van der Waals surface area contributed by atoms with Gasteiger partial charge in [-0.25, -0.2) is 14.0 Å². The van der Waals surface area contributed by atoms with Crippen molar-refractivity contribution in [3.05, 3.63) is 59.4 Å². The smallest absolute Gasteiger partial charge is 0.410 e. The van der Waals surface area contributed by atoms with Crippen molar-refractivity contribution in [2.45, 2.75) is 51.2 Å². The number of hydrogen-bond acceptors (Lipinski definition) is 6. The minimum Gasteiger partial charge on any atom is -0.492 e. The van der Waals surface area contributed by atoms with Gasteiger partial charge in [0.1, 0.15) is 30.4 Å². The molecule has 2 aliphatic rings. The number of nitrogens with one attached hydrogen (secondary N) is 1. The highest BCUT2D eigenvalue weighted by Gasteiger charge is 2.53. The molecule has 0 radical (unpaired) electrons. The molecule has 204 valence electrons. The molecule has 1 spiro atoms. The average Bonchev–Trinajstić information content (AvgIpc) is 3.07. The first kappa shape index (κ1) is 27.2. The van der Waals surface area contributed by atoms with Crippen LogP contribution in [0, 0.1) is 5.82 Å². The summed E-state index contributed by atoms with van der Waals surface area (Å²) in [6.45, 7) is 6.29. The molecule has 0 saturated carbocycles. The Hall–Kier alpha value is -3.82. The lowest BCUT2D eigenvalue weighted by atomic mass is 9.73. The molecular weight excluding hydrogens is 493 g/mol. The molecule has 0 aromatic heterocycles. The van der Waals surface area contributed by atoms with E-state index in [2.05, 4.69) is 5.32 Å². The minimum absolute atomic E-state index is 0.0975. The molecule has 3 amide bonds. The summed E-state index contributed by atoms with van der Waals surface area (Å²) in [5.74, 6) is -0.478. The van der Waals surface area contributed by atoms with Gasteiger partial charge in [0, 0.05) is 37.8 Å². The lowest BCUT2D eigenvalue weighted by molar-refractivity contribution is -0.124. The van der Waals surface area contributed by atoms with Crippen molar-refractivity contribution < 1.29 is 33.0 Å². The van der Waals surface area contributed by atoms with Crippen LogP contribution in [0.15, 0.2) is 42.5 Å². The second-order valence-corrected chi connectivity index (χ2v) is 10.5. The highest BCUT2D eigenvalue weighted by Crippen LogP contribution is 2.50. The molecule has 1 fully saturated rings. The van der Waals surface area contributed by atoms with E-state index in [-0.39, 0.29) is 44.5 Å². The molecule has 1 N–H and O–H groups in total. The number of ether oxygens (including phenoxy) is 3. The van der Waals surface area contributed by atoms with Crippen LogP contribution in [-0.2, 0) is 26.3 Å². The highest BCUT2D eigenvalue weighted by atomic mass is 19.1. The summed E-state index contributed by atoms with van der Waals surface area (Å²) in [5, 5.41) is 2.58. The number of hydrogen-bond donors (Lipinski definition) is 1. The molecule has 2 aromatic rings. The summed E-state index contributed by atoms with van der Waals surface area (Å²) in [7, 11) is 1.61. The second-order valence-electron chi connectivity index (χ2n) is 10.5. The van der Waals surface area contributed by atoms with Gasteiger partial charge < -0.3 is 29.3 Å². The van der Waals surface area contributed by atoms with Gasteiger partial charge in [0.25, 0.3) is 0 Å². The van der Waals surface area contributed by atoms with E-state index in [1.807, 2.05) is 30.3 Å². The first-order valence-corrected chi connectivity index (χ1v) is 12.7. The average molecular weight is 528 g/mol. The summed E-state index contributed by atoms with van der Waals surface area (Å²) >= 11 is 0. The van der Waals surface area contributed by atoms with Crippen LogP contribution < -0.4 is 15.0 Å². The molecule has 9 nitrogen and oxygen atoms in total. The van der Waals surface area contributed by atoms with E-state index >= 15 is 4.39 Å². The second kappa shape index (κ2) is 10.9. The normalized spacial score (nSPS) is 16.3. The maximum atomic E-state index is 15.5. The van der Waals surface area contributed by atoms with E-state index in [1.165, 1.54) is 11.0 Å². The highest BCUT2D eigenvalue weighted by molar-refractivity contribution is 6.08. The Morgan fingerprint density at radius 2 is 1.79 bits per heavy atom. The molecule has 38 heavy (non-hydrogen) atoms. The summed E-state index contributed by atoms with van der Waals surface area (Å²) in [6, 6.07) is 12.3. The Bertz CT molecular complexity index is 1190. The summed E-state index contributed by atoms with van der Waals surface area (Å²) in [6.07, 6.45) is -0.433. The molecular formula is C28H34FN3O6. The zero-order valence-corrected chi connectivity index (χ0v) is 22.2. The number of fused-ring (bicyclic) bond motifs is 2. The first-order valence-electron chi connectivity index (χ1n) is 12.7. The van der Waals surface area contributed by atoms with Crippen LogP contribution in [0.5, 0.6) is 5.75 Å². The number of anilines is 1. The van der Waals surface area contributed by atoms with E-state index < -0.39 is 29.0 Å². The van der Waals surface area contributed by atoms with Gasteiger partial charge in [-0.15, -0.1) is 0 Å². The van der Waals surface area contributed by atoms with E-state index in [9.17, 15) is 14.4 Å². The molecule has 0 atom stereocenters. The number of rotatable bonds is 6. The van der Waals surface area contributed by atoms with Crippen LogP contribution in [0.25, 0.3) is 0 Å². The zero-order valence-electron chi connectivity index (χ0n) is 22.2. The van der Waals surface area contributed by atoms with Gasteiger partial charge in [0.15, 0.2) is 0 Å². The van der Waals surface area contributed by atoms with E-state index in [4.69, 9.17) is 14.2 Å². The molecule has 2 heterocycles. The molecule has 0 aliphatic carbocycles. The number of amides is 3. The lowest BCUT2D eigenvalue weighted by Crippen LogP contribution is -2.50. The molecule has 2 aliphatic heterocycles. The summed E-state index contributed by atoms with van der Waals surface area (Å²) < 4.78 is 31.7.